The molecule has 31 heavy (non-hydrogen) atoms. The zero-order chi connectivity index (χ0) is 22.0. The first-order valence-electron chi connectivity index (χ1n) is 10.2. The molecule has 156 valence electrons. The van der Waals surface area contributed by atoms with E-state index in [1.807, 2.05) is 106 Å². The first kappa shape index (κ1) is 20.6. The zero-order valence-electron chi connectivity index (χ0n) is 17.8. The van der Waals surface area contributed by atoms with Crippen LogP contribution in [0.15, 0.2) is 90.0 Å². The molecule has 2 radical (unpaired) electrons. The summed E-state index contributed by atoms with van der Waals surface area (Å²) in [5, 5.41) is 19.8. The SMILES string of the molecule is CC(C)(C)C([O])c1ccc(C2=NN(c3ccccc3)C(=O)N(c3ccccc3)[N]2)cc1. The molecule has 0 N–H and O–H groups in total. The molecule has 1 aliphatic heterocycles. The van der Waals surface area contributed by atoms with Crippen LogP contribution in [0.4, 0.5) is 16.2 Å². The third-order valence-electron chi connectivity index (χ3n) is 5.01. The van der Waals surface area contributed by atoms with Crippen molar-refractivity contribution in [2.45, 2.75) is 26.9 Å². The maximum absolute atomic E-state index is 13.2. The maximum atomic E-state index is 13.2. The first-order chi connectivity index (χ1) is 14.8. The Kier molecular flexibility index (Phi) is 5.48. The third-order valence-corrected chi connectivity index (χ3v) is 5.01. The number of anilines is 2. The van der Waals surface area contributed by atoms with Crippen molar-refractivity contribution in [1.29, 1.82) is 0 Å². The molecule has 1 aliphatic rings. The van der Waals surface area contributed by atoms with Gasteiger partial charge in [0.15, 0.2) is 5.84 Å². The minimum absolute atomic E-state index is 0.370. The lowest BCUT2D eigenvalue weighted by Gasteiger charge is -2.31. The van der Waals surface area contributed by atoms with E-state index in [4.69, 9.17) is 0 Å². The van der Waals surface area contributed by atoms with Gasteiger partial charge in [0.05, 0.1) is 11.4 Å². The van der Waals surface area contributed by atoms with E-state index < -0.39 is 6.10 Å². The predicted molar refractivity (Wildman–Crippen MR) is 121 cm³/mol. The van der Waals surface area contributed by atoms with Crippen molar-refractivity contribution in [1.82, 2.24) is 5.43 Å². The standard InChI is InChI=1S/C25H24N4O2/c1-25(2,3)22(30)18-14-16-19(17-15-18)23-26-28(20-10-6-4-7-11-20)24(31)29(27-23)21-12-8-5-9-13-21/h4-17,22H,1-3H3. The summed E-state index contributed by atoms with van der Waals surface area (Å²) in [6.07, 6.45) is -0.838. The summed E-state index contributed by atoms with van der Waals surface area (Å²) in [6.45, 7) is 5.79. The van der Waals surface area contributed by atoms with Crippen molar-refractivity contribution in [2.75, 3.05) is 10.0 Å². The number of carbonyl (C=O) groups is 1. The molecular formula is C25H24N4O2. The van der Waals surface area contributed by atoms with Gasteiger partial charge in [0.25, 0.3) is 0 Å². The molecule has 3 aromatic carbocycles. The van der Waals surface area contributed by atoms with Crippen molar-refractivity contribution in [3.63, 3.8) is 0 Å². The Bertz CT molecular complexity index is 1070. The Hall–Kier alpha value is -3.64. The molecule has 1 atom stereocenters. The van der Waals surface area contributed by atoms with Gasteiger partial charge in [-0.15, -0.1) is 10.5 Å². The average molecular weight is 412 g/mol. The molecule has 3 aromatic rings. The number of amidine groups is 1. The molecule has 1 heterocycles. The lowest BCUT2D eigenvalue weighted by Crippen LogP contribution is -2.52. The average Bonchev–Trinajstić information content (AvgIpc) is 2.79. The number of hydrogen-bond donors (Lipinski definition) is 0. The number of carbonyl (C=O) groups excluding carboxylic acids is 1. The van der Waals surface area contributed by atoms with Crippen LogP contribution in [0.2, 0.25) is 0 Å². The van der Waals surface area contributed by atoms with Crippen molar-refractivity contribution < 1.29 is 9.90 Å². The van der Waals surface area contributed by atoms with E-state index in [0.717, 1.165) is 5.56 Å². The second-order valence-corrected chi connectivity index (χ2v) is 8.47. The predicted octanol–water partition coefficient (Wildman–Crippen LogP) is 5.53. The number of nitrogens with zero attached hydrogens (tertiary/aromatic N) is 4. The van der Waals surface area contributed by atoms with E-state index >= 15 is 0 Å². The van der Waals surface area contributed by atoms with Crippen LogP contribution >= 0.6 is 0 Å². The van der Waals surface area contributed by atoms with Gasteiger partial charge in [0.2, 0.25) is 0 Å². The van der Waals surface area contributed by atoms with E-state index in [2.05, 4.69) is 10.5 Å². The van der Waals surface area contributed by atoms with Crippen LogP contribution in [0, 0.1) is 5.41 Å². The van der Waals surface area contributed by atoms with Gasteiger partial charge >= 0.3 is 6.03 Å². The lowest BCUT2D eigenvalue weighted by atomic mass is 9.84. The highest BCUT2D eigenvalue weighted by Gasteiger charge is 2.32. The third kappa shape index (κ3) is 4.29. The number of hydrazone groups is 1. The summed E-state index contributed by atoms with van der Waals surface area (Å²) in [5.41, 5.74) is 6.86. The zero-order valence-corrected chi connectivity index (χ0v) is 17.8. The fourth-order valence-electron chi connectivity index (χ4n) is 3.28. The number of amides is 2. The lowest BCUT2D eigenvalue weighted by molar-refractivity contribution is -0.00150. The molecule has 0 bridgehead atoms. The van der Waals surface area contributed by atoms with E-state index in [0.29, 0.717) is 22.8 Å². The van der Waals surface area contributed by atoms with Gasteiger partial charge < -0.3 is 0 Å². The van der Waals surface area contributed by atoms with Crippen LogP contribution in [0.5, 0.6) is 0 Å². The Morgan fingerprint density at radius 3 is 1.77 bits per heavy atom. The number of urea groups is 1. The summed E-state index contributed by atoms with van der Waals surface area (Å²) >= 11 is 0. The second kappa shape index (κ2) is 8.24. The molecule has 4 rings (SSSR count). The molecule has 6 heteroatoms. The van der Waals surface area contributed by atoms with Crippen molar-refractivity contribution in [3.8, 4) is 0 Å². The number of rotatable bonds is 4. The molecule has 0 saturated carbocycles. The largest absolute Gasteiger partial charge is 0.370 e. The molecule has 6 nitrogen and oxygen atoms in total. The van der Waals surface area contributed by atoms with E-state index in [9.17, 15) is 9.90 Å². The summed E-state index contributed by atoms with van der Waals surface area (Å²) < 4.78 is 0. The first-order valence-corrected chi connectivity index (χ1v) is 10.2. The highest BCUT2D eigenvalue weighted by atomic mass is 16.3. The molecular weight excluding hydrogens is 388 g/mol. The molecule has 0 fully saturated rings. The maximum Gasteiger partial charge on any atom is 0.370 e. The molecule has 1 unspecified atom stereocenters. The van der Waals surface area contributed by atoms with Crippen LogP contribution < -0.4 is 15.4 Å². The van der Waals surface area contributed by atoms with Gasteiger partial charge in [-0.1, -0.05) is 81.4 Å². The Morgan fingerprint density at radius 1 is 0.742 bits per heavy atom. The molecule has 0 aromatic heterocycles. The summed E-state index contributed by atoms with van der Waals surface area (Å²) in [6, 6.07) is 25.4. The second-order valence-electron chi connectivity index (χ2n) is 8.47. The summed E-state index contributed by atoms with van der Waals surface area (Å²) in [5.74, 6) is 0.386. The number of para-hydroxylation sites is 2. The van der Waals surface area contributed by atoms with E-state index in [1.54, 1.807) is 0 Å². The van der Waals surface area contributed by atoms with Crippen molar-refractivity contribution in [2.24, 2.45) is 10.5 Å². The fourth-order valence-corrected chi connectivity index (χ4v) is 3.28. The molecule has 0 aliphatic carbocycles. The van der Waals surface area contributed by atoms with Gasteiger partial charge in [-0.3, -0.25) is 0 Å². The van der Waals surface area contributed by atoms with Gasteiger partial charge in [0, 0.05) is 5.56 Å². The van der Waals surface area contributed by atoms with Gasteiger partial charge in [0.1, 0.15) is 6.10 Å². The van der Waals surface area contributed by atoms with Crippen LogP contribution in [0.1, 0.15) is 38.0 Å². The summed E-state index contributed by atoms with van der Waals surface area (Å²) in [7, 11) is 0. The van der Waals surface area contributed by atoms with Crippen LogP contribution in [-0.2, 0) is 5.11 Å². The quantitative estimate of drug-likeness (QED) is 0.555. The monoisotopic (exact) mass is 412 g/mol. The topological polar surface area (TPSA) is 69.9 Å². The van der Waals surface area contributed by atoms with Gasteiger partial charge in [-0.2, -0.15) is 10.0 Å². The van der Waals surface area contributed by atoms with Crippen molar-refractivity contribution in [3.05, 3.63) is 96.1 Å². The number of benzene rings is 3. The Morgan fingerprint density at radius 2 is 1.26 bits per heavy atom. The van der Waals surface area contributed by atoms with E-state index in [1.165, 1.54) is 10.0 Å². The summed E-state index contributed by atoms with van der Waals surface area (Å²) in [4.78, 5) is 13.2. The van der Waals surface area contributed by atoms with Crippen LogP contribution in [-0.4, -0.2) is 11.9 Å². The highest BCUT2D eigenvalue weighted by Crippen LogP contribution is 2.33. The fraction of sp³-hybridized carbons (Fsp3) is 0.200. The van der Waals surface area contributed by atoms with Gasteiger partial charge in [-0.05, 0) is 35.2 Å². The van der Waals surface area contributed by atoms with Crippen molar-refractivity contribution >= 4 is 23.2 Å². The molecule has 0 spiro atoms. The highest BCUT2D eigenvalue weighted by molar-refractivity contribution is 6.12. The molecule has 2 amide bonds. The normalized spacial score (nSPS) is 15.4. The van der Waals surface area contributed by atoms with Gasteiger partial charge in [-0.25, -0.2) is 9.90 Å². The van der Waals surface area contributed by atoms with E-state index in [-0.39, 0.29) is 11.4 Å². The molecule has 0 saturated heterocycles. The smallest absolute Gasteiger partial charge is 0.244 e. The number of hydrogen-bond acceptors (Lipinski definition) is 2. The Labute approximate surface area is 182 Å². The van der Waals surface area contributed by atoms with Crippen LogP contribution in [0.25, 0.3) is 0 Å². The minimum atomic E-state index is -0.838. The Balaban J connectivity index is 1.72. The van der Waals surface area contributed by atoms with Crippen LogP contribution in [0.3, 0.4) is 0 Å². The minimum Gasteiger partial charge on any atom is -0.244 e.